The van der Waals surface area contributed by atoms with E-state index >= 15 is 0 Å². The molecule has 0 unspecified atom stereocenters. The van der Waals surface area contributed by atoms with Crippen molar-refractivity contribution < 1.29 is 0 Å². The lowest BCUT2D eigenvalue weighted by atomic mass is 10.2. The molecule has 0 aliphatic carbocycles. The van der Waals surface area contributed by atoms with Crippen molar-refractivity contribution in [1.29, 1.82) is 0 Å². The highest BCUT2D eigenvalue weighted by Gasteiger charge is 2.14. The third-order valence-corrected chi connectivity index (χ3v) is 4.83. The summed E-state index contributed by atoms with van der Waals surface area (Å²) in [5.74, 6) is 0.931. The Balaban J connectivity index is 1.83. The third kappa shape index (κ3) is 2.72. The smallest absolute Gasteiger partial charge is 0.136 e. The molecule has 0 N–H and O–H groups in total. The first-order valence-corrected chi connectivity index (χ1v) is 7.81. The summed E-state index contributed by atoms with van der Waals surface area (Å²) in [7, 11) is 1.94. The zero-order chi connectivity index (χ0) is 13.1. The predicted octanol–water partition coefficient (Wildman–Crippen LogP) is 3.84. The Hall–Kier alpha value is -1.59. The van der Waals surface area contributed by atoms with Crippen molar-refractivity contribution in [3.05, 3.63) is 53.4 Å². The maximum atomic E-state index is 4.27. The average Bonchev–Trinajstić information content (AvgIpc) is 3.07. The fraction of sp³-hybridized carbons (Fsp3) is 0.143. The summed E-state index contributed by atoms with van der Waals surface area (Å²) in [5, 5.41) is 11.6. The summed E-state index contributed by atoms with van der Waals surface area (Å²) in [6.45, 7) is 0. The third-order valence-electron chi connectivity index (χ3n) is 2.75. The molecule has 0 radical (unpaired) electrons. The number of thiophene rings is 1. The van der Waals surface area contributed by atoms with Gasteiger partial charge >= 0.3 is 0 Å². The van der Waals surface area contributed by atoms with E-state index in [1.54, 1.807) is 23.1 Å². The summed E-state index contributed by atoms with van der Waals surface area (Å²) < 4.78 is 1.85. The first-order chi connectivity index (χ1) is 9.34. The van der Waals surface area contributed by atoms with Gasteiger partial charge in [-0.15, -0.1) is 16.4 Å². The van der Waals surface area contributed by atoms with E-state index in [4.69, 9.17) is 0 Å². The lowest BCUT2D eigenvalue weighted by Crippen LogP contribution is -1.93. The second-order valence-electron chi connectivity index (χ2n) is 4.12. The van der Waals surface area contributed by atoms with Crippen molar-refractivity contribution in [3.63, 3.8) is 0 Å². The molecule has 3 rings (SSSR count). The van der Waals surface area contributed by atoms with Crippen molar-refractivity contribution >= 4 is 23.1 Å². The molecule has 2 heterocycles. The highest BCUT2D eigenvalue weighted by Crippen LogP contribution is 2.33. The standard InChI is InChI=1S/C14H13N3S2/c1-17-14(19-10-11-6-3-2-4-7-11)13(15-16-17)12-8-5-9-18-12/h2-9H,10H2,1H3. The van der Waals surface area contributed by atoms with Crippen LogP contribution in [0.1, 0.15) is 5.56 Å². The molecule has 0 spiro atoms. The molecule has 96 valence electrons. The summed E-state index contributed by atoms with van der Waals surface area (Å²) >= 11 is 3.47. The van der Waals surface area contributed by atoms with Crippen LogP contribution in [0.25, 0.3) is 10.6 Å². The molecular formula is C14H13N3S2. The van der Waals surface area contributed by atoms with E-state index in [0.29, 0.717) is 0 Å². The van der Waals surface area contributed by atoms with Gasteiger partial charge in [0.25, 0.3) is 0 Å². The van der Waals surface area contributed by atoms with Gasteiger partial charge in [-0.05, 0) is 17.0 Å². The molecule has 2 aromatic heterocycles. The number of hydrogen-bond donors (Lipinski definition) is 0. The predicted molar refractivity (Wildman–Crippen MR) is 80.3 cm³/mol. The fourth-order valence-electron chi connectivity index (χ4n) is 1.80. The number of thioether (sulfide) groups is 1. The molecule has 0 fully saturated rings. The second kappa shape index (κ2) is 5.59. The minimum Gasteiger partial charge on any atom is -0.241 e. The molecular weight excluding hydrogens is 274 g/mol. The van der Waals surface area contributed by atoms with E-state index in [0.717, 1.165) is 16.5 Å². The van der Waals surface area contributed by atoms with Crippen LogP contribution in [0.5, 0.6) is 0 Å². The number of aromatic nitrogens is 3. The normalized spacial score (nSPS) is 10.8. The molecule has 0 aliphatic heterocycles. The first-order valence-electron chi connectivity index (χ1n) is 5.95. The summed E-state index contributed by atoms with van der Waals surface area (Å²) in [6, 6.07) is 14.6. The van der Waals surface area contributed by atoms with Gasteiger partial charge in [-0.1, -0.05) is 53.4 Å². The molecule has 0 saturated carbocycles. The zero-order valence-electron chi connectivity index (χ0n) is 10.5. The topological polar surface area (TPSA) is 30.7 Å². The van der Waals surface area contributed by atoms with E-state index in [-0.39, 0.29) is 0 Å². The Morgan fingerprint density at radius 3 is 2.74 bits per heavy atom. The van der Waals surface area contributed by atoms with Gasteiger partial charge < -0.3 is 0 Å². The van der Waals surface area contributed by atoms with Gasteiger partial charge in [0, 0.05) is 12.8 Å². The van der Waals surface area contributed by atoms with Gasteiger partial charge in [-0.2, -0.15) is 0 Å². The van der Waals surface area contributed by atoms with Gasteiger partial charge in [-0.3, -0.25) is 0 Å². The SMILES string of the molecule is Cn1nnc(-c2cccs2)c1SCc1ccccc1. The lowest BCUT2D eigenvalue weighted by molar-refractivity contribution is 0.665. The van der Waals surface area contributed by atoms with Gasteiger partial charge in [0.05, 0.1) is 4.88 Å². The molecule has 0 aliphatic rings. The molecule has 0 bridgehead atoms. The second-order valence-corrected chi connectivity index (χ2v) is 6.03. The number of benzene rings is 1. The van der Waals surface area contributed by atoms with E-state index < -0.39 is 0 Å². The van der Waals surface area contributed by atoms with Crippen molar-refractivity contribution in [2.45, 2.75) is 10.8 Å². The Morgan fingerprint density at radius 2 is 2.00 bits per heavy atom. The summed E-state index contributed by atoms with van der Waals surface area (Å²) in [6.07, 6.45) is 0. The van der Waals surface area contributed by atoms with Gasteiger partial charge in [0.15, 0.2) is 0 Å². The Kier molecular flexibility index (Phi) is 3.66. The Labute approximate surface area is 120 Å². The minimum absolute atomic E-state index is 0.931. The van der Waals surface area contributed by atoms with Crippen LogP contribution in [0.2, 0.25) is 0 Å². The van der Waals surface area contributed by atoms with Crippen molar-refractivity contribution in [1.82, 2.24) is 15.0 Å². The number of hydrogen-bond acceptors (Lipinski definition) is 4. The fourth-order valence-corrected chi connectivity index (χ4v) is 3.59. The van der Waals surface area contributed by atoms with Crippen molar-refractivity contribution in [3.8, 4) is 10.6 Å². The van der Waals surface area contributed by atoms with E-state index in [1.165, 1.54) is 10.4 Å². The number of aryl methyl sites for hydroxylation is 1. The molecule has 0 amide bonds. The van der Waals surface area contributed by atoms with Crippen LogP contribution < -0.4 is 0 Å². The van der Waals surface area contributed by atoms with Crippen LogP contribution in [-0.4, -0.2) is 15.0 Å². The molecule has 3 nitrogen and oxygen atoms in total. The number of nitrogens with zero attached hydrogens (tertiary/aromatic N) is 3. The highest BCUT2D eigenvalue weighted by atomic mass is 32.2. The van der Waals surface area contributed by atoms with Gasteiger partial charge in [0.1, 0.15) is 10.7 Å². The van der Waals surface area contributed by atoms with Crippen LogP contribution in [0.4, 0.5) is 0 Å². The van der Waals surface area contributed by atoms with Gasteiger partial charge in [-0.25, -0.2) is 4.68 Å². The van der Waals surface area contributed by atoms with Crippen LogP contribution in [0, 0.1) is 0 Å². The van der Waals surface area contributed by atoms with Crippen LogP contribution in [0.15, 0.2) is 52.9 Å². The van der Waals surface area contributed by atoms with E-state index in [1.807, 2.05) is 23.9 Å². The molecule has 0 atom stereocenters. The molecule has 1 aromatic carbocycles. The van der Waals surface area contributed by atoms with Crippen molar-refractivity contribution in [2.24, 2.45) is 7.05 Å². The quantitative estimate of drug-likeness (QED) is 0.683. The van der Waals surface area contributed by atoms with Crippen LogP contribution >= 0.6 is 23.1 Å². The maximum Gasteiger partial charge on any atom is 0.136 e. The number of rotatable bonds is 4. The monoisotopic (exact) mass is 287 g/mol. The maximum absolute atomic E-state index is 4.27. The summed E-state index contributed by atoms with van der Waals surface area (Å²) in [4.78, 5) is 1.17. The molecule has 3 aromatic rings. The Morgan fingerprint density at radius 1 is 1.16 bits per heavy atom. The van der Waals surface area contributed by atoms with Crippen molar-refractivity contribution in [2.75, 3.05) is 0 Å². The van der Waals surface area contributed by atoms with E-state index in [9.17, 15) is 0 Å². The van der Waals surface area contributed by atoms with Crippen LogP contribution in [-0.2, 0) is 12.8 Å². The molecule has 19 heavy (non-hydrogen) atoms. The van der Waals surface area contributed by atoms with E-state index in [2.05, 4.69) is 46.0 Å². The van der Waals surface area contributed by atoms with Crippen LogP contribution in [0.3, 0.4) is 0 Å². The zero-order valence-corrected chi connectivity index (χ0v) is 12.1. The van der Waals surface area contributed by atoms with Gasteiger partial charge in [0.2, 0.25) is 0 Å². The molecule has 0 saturated heterocycles. The largest absolute Gasteiger partial charge is 0.241 e. The lowest BCUT2D eigenvalue weighted by Gasteiger charge is -2.03. The Bertz CT molecular complexity index is 645. The summed E-state index contributed by atoms with van der Waals surface area (Å²) in [5.41, 5.74) is 2.30. The molecule has 5 heteroatoms. The first kappa shape index (κ1) is 12.4. The average molecular weight is 287 g/mol. The minimum atomic E-state index is 0.931. The highest BCUT2D eigenvalue weighted by molar-refractivity contribution is 7.98.